The van der Waals surface area contributed by atoms with Crippen molar-refractivity contribution in [3.8, 4) is 28.1 Å². The number of hydrogen-bond donors (Lipinski definition) is 0. The van der Waals surface area contributed by atoms with E-state index in [4.69, 9.17) is 4.74 Å². The number of halogens is 1. The molecule has 0 aliphatic carbocycles. The summed E-state index contributed by atoms with van der Waals surface area (Å²) >= 11 is 0. The van der Waals surface area contributed by atoms with Crippen LogP contribution < -0.4 is 4.74 Å². The third kappa shape index (κ3) is 4.37. The lowest BCUT2D eigenvalue weighted by atomic mass is 9.96. The Morgan fingerprint density at radius 2 is 1.74 bits per heavy atom. The Kier molecular flexibility index (Phi) is 5.76. The van der Waals surface area contributed by atoms with E-state index >= 15 is 0 Å². The van der Waals surface area contributed by atoms with Gasteiger partial charge >= 0.3 is 0 Å². The number of allylic oxidation sites excluding steroid dienone is 1. The Balaban J connectivity index is 1.60. The van der Waals surface area contributed by atoms with Crippen molar-refractivity contribution in [3.63, 3.8) is 0 Å². The van der Waals surface area contributed by atoms with E-state index in [9.17, 15) is 4.39 Å². The summed E-state index contributed by atoms with van der Waals surface area (Å²) in [5.74, 6) is 1.29. The quantitative estimate of drug-likeness (QED) is 0.327. The number of aryl methyl sites for hydroxylation is 2. The van der Waals surface area contributed by atoms with Crippen molar-refractivity contribution >= 4 is 17.7 Å². The van der Waals surface area contributed by atoms with Gasteiger partial charge < -0.3 is 4.74 Å². The standard InChI is InChI=1S/C29H24FN3O/c1-18-13-28(34-23-9-6-20(3)32-17-23)25-15-21(8-11-27(25)33-16-18)24-5-4-12-31-29(24)22-7-10-26(30)19(2)14-22/h4-18H,1-3H3. The molecular weight excluding hydrogens is 425 g/mol. The molecule has 1 unspecified atom stereocenters. The highest BCUT2D eigenvalue weighted by Gasteiger charge is 2.18. The van der Waals surface area contributed by atoms with Gasteiger partial charge in [0.1, 0.15) is 17.3 Å². The average Bonchev–Trinajstić information content (AvgIpc) is 3.00. The SMILES string of the molecule is Cc1ccc(OC2=CC(C)C=Nc3ccc(-c4cccnc4-c4ccc(F)c(C)c4)cc32)cn1. The first-order chi connectivity index (χ1) is 16.5. The lowest BCUT2D eigenvalue weighted by Gasteiger charge is -2.15. The second kappa shape index (κ2) is 9.02. The number of hydrogen-bond acceptors (Lipinski definition) is 4. The van der Waals surface area contributed by atoms with Crippen LogP contribution in [0.15, 0.2) is 84.1 Å². The molecule has 0 spiro atoms. The van der Waals surface area contributed by atoms with Crippen molar-refractivity contribution in [2.45, 2.75) is 20.8 Å². The molecule has 2 aromatic carbocycles. The summed E-state index contributed by atoms with van der Waals surface area (Å²) in [6.45, 7) is 5.78. The number of fused-ring (bicyclic) bond motifs is 1. The molecule has 168 valence electrons. The van der Waals surface area contributed by atoms with Crippen LogP contribution >= 0.6 is 0 Å². The summed E-state index contributed by atoms with van der Waals surface area (Å²) in [5, 5.41) is 0. The number of ether oxygens (including phenoxy) is 1. The van der Waals surface area contributed by atoms with E-state index in [0.29, 0.717) is 11.3 Å². The Morgan fingerprint density at radius 3 is 2.53 bits per heavy atom. The number of aliphatic imine (C=N–C) groups is 1. The van der Waals surface area contributed by atoms with Crippen molar-refractivity contribution in [3.05, 3.63) is 102 Å². The maximum atomic E-state index is 13.9. The molecule has 5 rings (SSSR count). The Morgan fingerprint density at radius 1 is 0.882 bits per heavy atom. The van der Waals surface area contributed by atoms with E-state index in [1.807, 2.05) is 55.6 Å². The van der Waals surface area contributed by atoms with Gasteiger partial charge in [0.2, 0.25) is 0 Å². The van der Waals surface area contributed by atoms with Gasteiger partial charge in [-0.15, -0.1) is 0 Å². The molecule has 1 aliphatic rings. The fourth-order valence-corrected chi connectivity index (χ4v) is 3.97. The van der Waals surface area contributed by atoms with Crippen LogP contribution in [0.1, 0.15) is 23.7 Å². The van der Waals surface area contributed by atoms with Crippen molar-refractivity contribution < 1.29 is 9.13 Å². The zero-order chi connectivity index (χ0) is 23.7. The van der Waals surface area contributed by atoms with Gasteiger partial charge in [-0.05, 0) is 79.6 Å². The van der Waals surface area contributed by atoms with Crippen LogP contribution in [-0.2, 0) is 0 Å². The average molecular weight is 450 g/mol. The lowest BCUT2D eigenvalue weighted by Crippen LogP contribution is -1.99. The highest BCUT2D eigenvalue weighted by Crippen LogP contribution is 2.38. The summed E-state index contributed by atoms with van der Waals surface area (Å²) < 4.78 is 20.2. The molecule has 0 radical (unpaired) electrons. The first kappa shape index (κ1) is 21.7. The van der Waals surface area contributed by atoms with Gasteiger partial charge in [-0.1, -0.05) is 19.1 Å². The van der Waals surface area contributed by atoms with Crippen LogP contribution in [0.4, 0.5) is 10.1 Å². The summed E-state index contributed by atoms with van der Waals surface area (Å²) in [4.78, 5) is 13.7. The summed E-state index contributed by atoms with van der Waals surface area (Å²) in [6, 6.07) is 19.0. The maximum absolute atomic E-state index is 13.9. The van der Waals surface area contributed by atoms with E-state index in [0.717, 1.165) is 45.1 Å². The minimum absolute atomic E-state index is 0.111. The zero-order valence-electron chi connectivity index (χ0n) is 19.3. The fraction of sp³-hybridized carbons (Fsp3) is 0.138. The van der Waals surface area contributed by atoms with E-state index in [1.165, 1.54) is 6.07 Å². The molecule has 0 saturated heterocycles. The van der Waals surface area contributed by atoms with E-state index in [1.54, 1.807) is 25.4 Å². The number of benzene rings is 2. The predicted octanol–water partition coefficient (Wildman–Crippen LogP) is 7.34. The minimum atomic E-state index is -0.226. The van der Waals surface area contributed by atoms with Crippen LogP contribution in [0.5, 0.6) is 5.75 Å². The predicted molar refractivity (Wildman–Crippen MR) is 135 cm³/mol. The van der Waals surface area contributed by atoms with E-state index in [2.05, 4.69) is 34.0 Å². The lowest BCUT2D eigenvalue weighted by molar-refractivity contribution is 0.509. The van der Waals surface area contributed by atoms with Crippen molar-refractivity contribution in [1.29, 1.82) is 0 Å². The second-order valence-corrected chi connectivity index (χ2v) is 8.50. The Bertz CT molecular complexity index is 1420. The number of nitrogens with zero attached hydrogens (tertiary/aromatic N) is 3. The molecule has 3 heterocycles. The fourth-order valence-electron chi connectivity index (χ4n) is 3.97. The molecule has 1 atom stereocenters. The Hall–Kier alpha value is -4.12. The van der Waals surface area contributed by atoms with Crippen LogP contribution in [0.3, 0.4) is 0 Å². The van der Waals surface area contributed by atoms with Crippen LogP contribution in [-0.4, -0.2) is 16.2 Å². The van der Waals surface area contributed by atoms with Gasteiger partial charge in [-0.3, -0.25) is 15.0 Å². The monoisotopic (exact) mass is 449 g/mol. The topological polar surface area (TPSA) is 47.4 Å². The van der Waals surface area contributed by atoms with E-state index < -0.39 is 0 Å². The zero-order valence-corrected chi connectivity index (χ0v) is 19.3. The Labute approximate surface area is 198 Å². The van der Waals surface area contributed by atoms with Crippen molar-refractivity contribution in [2.75, 3.05) is 0 Å². The molecule has 0 amide bonds. The summed E-state index contributed by atoms with van der Waals surface area (Å²) in [7, 11) is 0. The maximum Gasteiger partial charge on any atom is 0.145 e. The molecule has 0 saturated carbocycles. The van der Waals surface area contributed by atoms with Gasteiger partial charge in [0.25, 0.3) is 0 Å². The highest BCUT2D eigenvalue weighted by molar-refractivity contribution is 5.87. The second-order valence-electron chi connectivity index (χ2n) is 8.50. The molecular formula is C29H24FN3O. The van der Waals surface area contributed by atoms with Crippen LogP contribution in [0.25, 0.3) is 28.1 Å². The largest absolute Gasteiger partial charge is 0.455 e. The molecule has 0 bridgehead atoms. The summed E-state index contributed by atoms with van der Waals surface area (Å²) in [6.07, 6.45) is 7.46. The van der Waals surface area contributed by atoms with Gasteiger partial charge in [0.05, 0.1) is 17.6 Å². The molecule has 1 aliphatic heterocycles. The number of aromatic nitrogens is 2. The normalized spacial score (nSPS) is 14.8. The van der Waals surface area contributed by atoms with Crippen molar-refractivity contribution in [2.24, 2.45) is 10.9 Å². The van der Waals surface area contributed by atoms with Crippen LogP contribution in [0, 0.1) is 25.6 Å². The third-order valence-corrected chi connectivity index (χ3v) is 5.79. The van der Waals surface area contributed by atoms with Gasteiger partial charge in [0, 0.05) is 40.7 Å². The third-order valence-electron chi connectivity index (χ3n) is 5.79. The minimum Gasteiger partial charge on any atom is -0.455 e. The number of pyridine rings is 2. The summed E-state index contributed by atoms with van der Waals surface area (Å²) in [5.41, 5.74) is 6.84. The first-order valence-electron chi connectivity index (χ1n) is 11.2. The molecule has 34 heavy (non-hydrogen) atoms. The molecule has 5 heteroatoms. The highest BCUT2D eigenvalue weighted by atomic mass is 19.1. The first-order valence-corrected chi connectivity index (χ1v) is 11.2. The molecule has 0 fully saturated rings. The van der Waals surface area contributed by atoms with Gasteiger partial charge in [-0.2, -0.15) is 0 Å². The smallest absolute Gasteiger partial charge is 0.145 e. The number of rotatable bonds is 4. The van der Waals surface area contributed by atoms with Gasteiger partial charge in [-0.25, -0.2) is 4.39 Å². The van der Waals surface area contributed by atoms with Crippen LogP contribution in [0.2, 0.25) is 0 Å². The molecule has 4 nitrogen and oxygen atoms in total. The molecule has 2 aromatic heterocycles. The molecule has 4 aromatic rings. The molecule has 0 N–H and O–H groups in total. The van der Waals surface area contributed by atoms with Crippen molar-refractivity contribution in [1.82, 2.24) is 9.97 Å². The van der Waals surface area contributed by atoms with Gasteiger partial charge in [0.15, 0.2) is 0 Å². The van der Waals surface area contributed by atoms with E-state index in [-0.39, 0.29) is 11.7 Å².